The maximum atomic E-state index is 11.9. The molecule has 2 rings (SSSR count). The summed E-state index contributed by atoms with van der Waals surface area (Å²) in [5.41, 5.74) is 2.11. The lowest BCUT2D eigenvalue weighted by Gasteiger charge is -2.06. The van der Waals surface area contributed by atoms with Crippen LogP contribution in [0.3, 0.4) is 0 Å². The molecule has 0 radical (unpaired) electrons. The minimum absolute atomic E-state index is 0.0465. The van der Waals surface area contributed by atoms with E-state index in [9.17, 15) is 27.6 Å². The Bertz CT molecular complexity index is 1210. The third kappa shape index (κ3) is 22.2. The van der Waals surface area contributed by atoms with Crippen LogP contribution in [0.15, 0.2) is 78.3 Å². The Morgan fingerprint density at radius 2 is 1.40 bits per heavy atom. The van der Waals surface area contributed by atoms with Gasteiger partial charge in [-0.3, -0.25) is 0 Å². The highest BCUT2D eigenvalue weighted by Crippen LogP contribution is 2.12. The zero-order chi connectivity index (χ0) is 33.6. The van der Waals surface area contributed by atoms with Crippen LogP contribution < -0.4 is 0 Å². The fraction of sp³-hybridized carbons (Fsp3) is 0.400. The summed E-state index contributed by atoms with van der Waals surface area (Å²) in [7, 11) is -2.07. The van der Waals surface area contributed by atoms with Gasteiger partial charge in [0, 0.05) is 22.8 Å². The number of carbonyl (C=O) groups excluding carboxylic acids is 4. The molecular formula is C30H42O12S. The first-order valence-electron chi connectivity index (χ1n) is 12.7. The fourth-order valence-corrected chi connectivity index (χ4v) is 3.16. The molecule has 1 atom stereocenters. The van der Waals surface area contributed by atoms with Gasteiger partial charge in [-0.1, -0.05) is 44.0 Å². The molecule has 0 spiro atoms. The zero-order valence-electron chi connectivity index (χ0n) is 25.4. The smallest absolute Gasteiger partial charge is 0.333 e. The van der Waals surface area contributed by atoms with Crippen LogP contribution >= 0.6 is 0 Å². The molecular weight excluding hydrogens is 584 g/mol. The van der Waals surface area contributed by atoms with Gasteiger partial charge in [0.15, 0.2) is 9.84 Å². The van der Waals surface area contributed by atoms with Crippen LogP contribution in [0.1, 0.15) is 26.3 Å². The molecule has 0 bridgehead atoms. The Morgan fingerprint density at radius 1 is 0.907 bits per heavy atom. The molecule has 1 saturated heterocycles. The van der Waals surface area contributed by atoms with E-state index in [0.717, 1.165) is 11.6 Å². The highest BCUT2D eigenvalue weighted by Gasteiger charge is 2.24. The number of sulfone groups is 1. The fourth-order valence-electron chi connectivity index (χ4n) is 2.07. The molecule has 43 heavy (non-hydrogen) atoms. The van der Waals surface area contributed by atoms with Crippen molar-refractivity contribution in [1.29, 1.82) is 0 Å². The highest BCUT2D eigenvalue weighted by molar-refractivity contribution is 7.91. The van der Waals surface area contributed by atoms with Crippen LogP contribution in [0, 0.1) is 6.92 Å². The maximum absolute atomic E-state index is 11.9. The van der Waals surface area contributed by atoms with E-state index in [4.69, 9.17) is 19.3 Å². The molecule has 1 aliphatic rings. The molecule has 1 fully saturated rings. The lowest BCUT2D eigenvalue weighted by Crippen LogP contribution is -2.15. The zero-order valence-corrected chi connectivity index (χ0v) is 26.2. The molecule has 0 amide bonds. The number of epoxide rings is 1. The van der Waals surface area contributed by atoms with Crippen molar-refractivity contribution in [2.45, 2.75) is 38.7 Å². The third-order valence-corrected chi connectivity index (χ3v) is 6.20. The number of benzene rings is 1. The Balaban J connectivity index is 0. The Morgan fingerprint density at radius 3 is 1.77 bits per heavy atom. The number of aryl methyl sites for hydroxylation is 1. The standard InChI is InChI=1S/C13H16O4S.C7H10O3.C5H8O3.C5H8O2/c1-10(2)13(14)17-8-9-18(15,16)12-6-4-11(3)5-7-12;1-5(2)7(8)10-4-6-3-9-6;1-2-5(7)8-4-3-6;1-4(2)5(6)7-3/h4-7H,1,8-9H2,2-3H3;6H,1,3-4H2,2H3;2,6H,1,3-4H2;1H2,2-3H3. The van der Waals surface area contributed by atoms with Gasteiger partial charge in [-0.05, 0) is 39.8 Å². The van der Waals surface area contributed by atoms with Gasteiger partial charge in [0.05, 0.1) is 31.0 Å². The first kappa shape index (κ1) is 41.1. The first-order valence-corrected chi connectivity index (χ1v) is 14.4. The largest absolute Gasteiger partial charge is 0.466 e. The van der Waals surface area contributed by atoms with Crippen LogP contribution in [0.4, 0.5) is 0 Å². The highest BCUT2D eigenvalue weighted by atomic mass is 32.2. The number of ether oxygens (including phenoxy) is 5. The maximum Gasteiger partial charge on any atom is 0.333 e. The molecule has 0 aromatic heterocycles. The summed E-state index contributed by atoms with van der Waals surface area (Å²) in [4.78, 5) is 42.3. The van der Waals surface area contributed by atoms with Crippen LogP contribution in [0.2, 0.25) is 0 Å². The number of hydrogen-bond acceptors (Lipinski definition) is 12. The molecule has 1 aromatic rings. The molecule has 1 N–H and O–H groups in total. The van der Waals surface area contributed by atoms with Gasteiger partial charge in [-0.2, -0.15) is 0 Å². The summed E-state index contributed by atoms with van der Waals surface area (Å²) < 4.78 is 46.7. The topological polar surface area (TPSA) is 172 Å². The number of esters is 4. The molecule has 1 aromatic carbocycles. The van der Waals surface area contributed by atoms with Crippen molar-refractivity contribution in [3.8, 4) is 0 Å². The van der Waals surface area contributed by atoms with E-state index in [1.54, 1.807) is 38.1 Å². The molecule has 240 valence electrons. The number of aliphatic hydroxyl groups excluding tert-OH is 1. The van der Waals surface area contributed by atoms with Crippen molar-refractivity contribution in [3.63, 3.8) is 0 Å². The molecule has 0 saturated carbocycles. The van der Waals surface area contributed by atoms with E-state index in [2.05, 4.69) is 35.8 Å². The van der Waals surface area contributed by atoms with Crippen molar-refractivity contribution in [2.75, 3.05) is 45.9 Å². The van der Waals surface area contributed by atoms with Crippen LogP contribution in [-0.2, 0) is 52.7 Å². The summed E-state index contributed by atoms with van der Waals surface area (Å²) in [6, 6.07) is 6.55. The first-order chi connectivity index (χ1) is 20.0. The van der Waals surface area contributed by atoms with Crippen molar-refractivity contribution >= 4 is 33.7 Å². The monoisotopic (exact) mass is 626 g/mol. The van der Waals surface area contributed by atoms with Gasteiger partial charge >= 0.3 is 23.9 Å². The van der Waals surface area contributed by atoms with Crippen molar-refractivity contribution < 1.29 is 56.4 Å². The molecule has 13 heteroatoms. The van der Waals surface area contributed by atoms with Crippen molar-refractivity contribution in [2.24, 2.45) is 0 Å². The number of aliphatic hydroxyl groups is 1. The van der Waals surface area contributed by atoms with Crippen LogP contribution in [-0.4, -0.2) is 89.4 Å². The number of carbonyl (C=O) groups is 4. The molecule has 1 aliphatic heterocycles. The number of hydrogen-bond donors (Lipinski definition) is 1. The summed E-state index contributed by atoms with van der Waals surface area (Å²) in [5, 5.41) is 8.10. The lowest BCUT2D eigenvalue weighted by atomic mass is 10.2. The minimum Gasteiger partial charge on any atom is -0.466 e. The van der Waals surface area contributed by atoms with E-state index < -0.39 is 21.8 Å². The van der Waals surface area contributed by atoms with E-state index in [0.29, 0.717) is 24.4 Å². The minimum atomic E-state index is -3.41. The van der Waals surface area contributed by atoms with Gasteiger partial charge < -0.3 is 28.8 Å². The Kier molecular flexibility index (Phi) is 21.5. The van der Waals surface area contributed by atoms with Crippen molar-refractivity contribution in [1.82, 2.24) is 0 Å². The van der Waals surface area contributed by atoms with E-state index >= 15 is 0 Å². The number of methoxy groups -OCH3 is 1. The Labute approximate surface area is 253 Å². The van der Waals surface area contributed by atoms with E-state index in [1.165, 1.54) is 14.0 Å². The van der Waals surface area contributed by atoms with Gasteiger partial charge in [0.1, 0.15) is 25.9 Å². The summed E-state index contributed by atoms with van der Waals surface area (Å²) in [6.07, 6.45) is 1.19. The Hall–Kier alpha value is -4.07. The van der Waals surface area contributed by atoms with Gasteiger partial charge in [-0.25, -0.2) is 27.6 Å². The molecule has 0 aliphatic carbocycles. The van der Waals surface area contributed by atoms with Crippen LogP contribution in [0.5, 0.6) is 0 Å². The second-order valence-electron chi connectivity index (χ2n) is 8.75. The van der Waals surface area contributed by atoms with Gasteiger partial charge in [0.2, 0.25) is 0 Å². The SMILES string of the molecule is C=C(C)C(=O)OC.C=C(C)C(=O)OCC1CO1.C=C(C)C(=O)OCCS(=O)(=O)c1ccc(C)cc1.C=CC(=O)OCCO. The van der Waals surface area contributed by atoms with Crippen LogP contribution in [0.25, 0.3) is 0 Å². The summed E-state index contributed by atoms with van der Waals surface area (Å²) in [5.74, 6) is -1.99. The second kappa shape index (κ2) is 22.5. The normalized spacial score (nSPS) is 12.5. The number of rotatable bonds is 12. The molecule has 1 heterocycles. The third-order valence-electron chi connectivity index (χ3n) is 4.50. The average molecular weight is 627 g/mol. The summed E-state index contributed by atoms with van der Waals surface area (Å²) in [6.45, 7) is 20.8. The second-order valence-corrected chi connectivity index (χ2v) is 10.9. The van der Waals surface area contributed by atoms with Gasteiger partial charge in [-0.15, -0.1) is 0 Å². The quantitative estimate of drug-likeness (QED) is 0.156. The predicted molar refractivity (Wildman–Crippen MR) is 160 cm³/mol. The summed E-state index contributed by atoms with van der Waals surface area (Å²) >= 11 is 0. The predicted octanol–water partition coefficient (Wildman–Crippen LogP) is 2.84. The molecule has 1 unspecified atom stereocenters. The van der Waals surface area contributed by atoms with E-state index in [1.807, 2.05) is 6.92 Å². The molecule has 12 nitrogen and oxygen atoms in total. The average Bonchev–Trinajstić information content (AvgIpc) is 3.79. The van der Waals surface area contributed by atoms with E-state index in [-0.39, 0.29) is 54.1 Å². The lowest BCUT2D eigenvalue weighted by molar-refractivity contribution is -0.140. The van der Waals surface area contributed by atoms with Gasteiger partial charge in [0.25, 0.3) is 0 Å². The van der Waals surface area contributed by atoms with Crippen molar-refractivity contribution in [3.05, 3.63) is 78.9 Å².